The molecule has 1 heterocycles. The van der Waals surface area contributed by atoms with Crippen LogP contribution in [-0.2, 0) is 4.79 Å². The van der Waals surface area contributed by atoms with Gasteiger partial charge in [-0.2, -0.15) is 9.37 Å². The van der Waals surface area contributed by atoms with Crippen LogP contribution in [0.4, 0.5) is 21.7 Å². The third-order valence-electron chi connectivity index (χ3n) is 4.48. The minimum absolute atomic E-state index is 0.178. The minimum Gasteiger partial charge on any atom is -0.492 e. The third-order valence-corrected chi connectivity index (χ3v) is 4.48. The number of anilines is 3. The van der Waals surface area contributed by atoms with Gasteiger partial charge in [0.2, 0.25) is 11.8 Å². The number of aromatic nitrogens is 2. The van der Waals surface area contributed by atoms with Crippen LogP contribution in [0.15, 0.2) is 54.7 Å². The molecule has 0 saturated heterocycles. The second-order valence-electron chi connectivity index (χ2n) is 7.13. The summed E-state index contributed by atoms with van der Waals surface area (Å²) in [7, 11) is 1.99. The molecule has 2 aromatic carbocycles. The Balaban J connectivity index is 1.58. The Morgan fingerprint density at radius 3 is 2.78 bits per heavy atom. The summed E-state index contributed by atoms with van der Waals surface area (Å²) in [6, 6.07) is 14.0. The van der Waals surface area contributed by atoms with Gasteiger partial charge in [-0.05, 0) is 44.3 Å². The molecular formula is C23H26FN5O3. The number of nitrogen functional groups attached to an aromatic ring is 1. The van der Waals surface area contributed by atoms with Crippen LogP contribution in [0, 0.1) is 5.82 Å². The lowest BCUT2D eigenvalue weighted by Gasteiger charge is -2.16. The second-order valence-corrected chi connectivity index (χ2v) is 7.13. The van der Waals surface area contributed by atoms with Crippen molar-refractivity contribution in [3.63, 3.8) is 0 Å². The predicted octanol–water partition coefficient (Wildman–Crippen LogP) is 4.02. The number of nitrogens with zero attached hydrogens (tertiary/aromatic N) is 3. The van der Waals surface area contributed by atoms with Crippen molar-refractivity contribution in [3.05, 3.63) is 60.5 Å². The summed E-state index contributed by atoms with van der Waals surface area (Å²) in [5, 5.41) is 3.03. The van der Waals surface area contributed by atoms with Gasteiger partial charge in [0.15, 0.2) is 0 Å². The normalized spacial score (nSPS) is 10.7. The smallest absolute Gasteiger partial charge is 0.260 e. The number of carbonyl (C=O) groups is 1. The summed E-state index contributed by atoms with van der Waals surface area (Å²) in [4.78, 5) is 20.6. The largest absolute Gasteiger partial charge is 0.492 e. The van der Waals surface area contributed by atoms with Gasteiger partial charge in [-0.3, -0.25) is 0 Å². The topological polar surface area (TPSA) is 103 Å². The average Bonchev–Trinajstić information content (AvgIpc) is 2.77. The van der Waals surface area contributed by atoms with Gasteiger partial charge in [0.25, 0.3) is 5.88 Å². The Kier molecular flexibility index (Phi) is 8.33. The fraction of sp³-hybridized carbons (Fsp3) is 0.261. The first-order chi connectivity index (χ1) is 15.5. The van der Waals surface area contributed by atoms with E-state index in [1.165, 1.54) is 0 Å². The fourth-order valence-corrected chi connectivity index (χ4v) is 2.84. The molecule has 0 saturated carbocycles. The van der Waals surface area contributed by atoms with Crippen LogP contribution >= 0.6 is 0 Å². The quantitative estimate of drug-likeness (QED) is 0.248. The summed E-state index contributed by atoms with van der Waals surface area (Å²) in [6.45, 7) is 2.08. The highest BCUT2D eigenvalue weighted by Crippen LogP contribution is 2.26. The molecule has 8 nitrogen and oxygen atoms in total. The standard InChI is InChI=1S/C23H26FN5O3/c1-29(10-2-3-12-30)11-13-31-19-8-5-7-18(15-19)27-23-26-16-21(24)22(28-23)32-20-9-4-6-17(25)14-20/h4-9,12,14-16H,2-3,10-11,13,25H2,1H3,(H,26,27,28). The van der Waals surface area contributed by atoms with Gasteiger partial charge in [-0.25, -0.2) is 4.98 Å². The van der Waals surface area contributed by atoms with Crippen molar-refractivity contribution in [1.29, 1.82) is 0 Å². The summed E-state index contributed by atoms with van der Waals surface area (Å²) in [5.41, 5.74) is 6.91. The summed E-state index contributed by atoms with van der Waals surface area (Å²) in [6.07, 6.45) is 3.37. The molecule has 0 spiro atoms. The number of halogens is 1. The van der Waals surface area contributed by atoms with Crippen molar-refractivity contribution in [1.82, 2.24) is 14.9 Å². The number of benzene rings is 2. The molecule has 0 aliphatic heterocycles. The molecule has 1 aromatic heterocycles. The monoisotopic (exact) mass is 439 g/mol. The summed E-state index contributed by atoms with van der Waals surface area (Å²) >= 11 is 0. The molecule has 3 N–H and O–H groups in total. The zero-order valence-electron chi connectivity index (χ0n) is 17.8. The van der Waals surface area contributed by atoms with Crippen LogP contribution in [0.3, 0.4) is 0 Å². The Labute approximate surface area is 186 Å². The predicted molar refractivity (Wildman–Crippen MR) is 121 cm³/mol. The van der Waals surface area contributed by atoms with E-state index in [0.717, 1.165) is 32.0 Å². The average molecular weight is 439 g/mol. The number of hydrogen-bond acceptors (Lipinski definition) is 8. The van der Waals surface area contributed by atoms with E-state index in [-0.39, 0.29) is 11.8 Å². The maximum atomic E-state index is 14.1. The number of ether oxygens (including phenoxy) is 2. The van der Waals surface area contributed by atoms with E-state index in [1.54, 1.807) is 30.3 Å². The van der Waals surface area contributed by atoms with Crippen LogP contribution in [-0.4, -0.2) is 47.9 Å². The molecule has 0 unspecified atom stereocenters. The van der Waals surface area contributed by atoms with Crippen molar-refractivity contribution >= 4 is 23.6 Å². The van der Waals surface area contributed by atoms with Crippen molar-refractivity contribution in [2.75, 3.05) is 37.8 Å². The van der Waals surface area contributed by atoms with E-state index in [0.29, 0.717) is 35.9 Å². The third kappa shape index (κ3) is 7.21. The SMILES string of the molecule is CN(CCCC=O)CCOc1cccc(Nc2ncc(F)c(Oc3cccc(N)c3)n2)c1. The summed E-state index contributed by atoms with van der Waals surface area (Å²) in [5.74, 6) is 0.331. The Morgan fingerprint density at radius 1 is 1.16 bits per heavy atom. The van der Waals surface area contributed by atoms with Gasteiger partial charge in [0.05, 0.1) is 6.20 Å². The molecule has 9 heteroatoms. The molecule has 3 rings (SSSR count). The number of nitrogens with two attached hydrogens (primary N) is 1. The van der Waals surface area contributed by atoms with Crippen LogP contribution in [0.25, 0.3) is 0 Å². The molecule has 32 heavy (non-hydrogen) atoms. The van der Waals surface area contributed by atoms with Crippen molar-refractivity contribution in [3.8, 4) is 17.4 Å². The van der Waals surface area contributed by atoms with Crippen molar-refractivity contribution in [2.45, 2.75) is 12.8 Å². The molecule has 0 amide bonds. The maximum Gasteiger partial charge on any atom is 0.260 e. The van der Waals surface area contributed by atoms with E-state index in [1.807, 2.05) is 25.2 Å². The van der Waals surface area contributed by atoms with E-state index in [4.69, 9.17) is 15.2 Å². The molecule has 0 aliphatic carbocycles. The molecule has 0 radical (unpaired) electrons. The first-order valence-corrected chi connectivity index (χ1v) is 10.2. The number of carbonyl (C=O) groups excluding carboxylic acids is 1. The number of aldehydes is 1. The van der Waals surface area contributed by atoms with Gasteiger partial charge < -0.3 is 30.2 Å². The van der Waals surface area contributed by atoms with E-state index in [2.05, 4.69) is 20.2 Å². The van der Waals surface area contributed by atoms with Crippen LogP contribution in [0.2, 0.25) is 0 Å². The molecule has 0 aliphatic rings. The van der Waals surface area contributed by atoms with Crippen LogP contribution in [0.5, 0.6) is 17.4 Å². The zero-order valence-corrected chi connectivity index (χ0v) is 17.8. The second kappa shape index (κ2) is 11.6. The lowest BCUT2D eigenvalue weighted by molar-refractivity contribution is -0.108. The Hall–Kier alpha value is -3.72. The number of hydrogen-bond donors (Lipinski definition) is 2. The fourth-order valence-electron chi connectivity index (χ4n) is 2.84. The highest BCUT2D eigenvalue weighted by atomic mass is 19.1. The molecule has 0 bridgehead atoms. The van der Waals surface area contributed by atoms with E-state index < -0.39 is 5.82 Å². The molecular weight excluding hydrogens is 413 g/mol. The highest BCUT2D eigenvalue weighted by Gasteiger charge is 2.11. The van der Waals surface area contributed by atoms with Gasteiger partial charge >= 0.3 is 0 Å². The molecule has 0 fully saturated rings. The number of unbranched alkanes of at least 4 members (excludes halogenated alkanes) is 1. The van der Waals surface area contributed by atoms with Crippen molar-refractivity contribution < 1.29 is 18.7 Å². The maximum absolute atomic E-state index is 14.1. The lowest BCUT2D eigenvalue weighted by atomic mass is 10.3. The first kappa shape index (κ1) is 23.0. The van der Waals surface area contributed by atoms with Gasteiger partial charge in [0, 0.05) is 36.5 Å². The Bertz CT molecular complexity index is 1030. The van der Waals surface area contributed by atoms with Gasteiger partial charge in [0.1, 0.15) is 24.4 Å². The van der Waals surface area contributed by atoms with Crippen molar-refractivity contribution in [2.24, 2.45) is 0 Å². The van der Waals surface area contributed by atoms with Gasteiger partial charge in [-0.15, -0.1) is 0 Å². The molecule has 168 valence electrons. The molecule has 3 aromatic rings. The number of nitrogens with one attached hydrogen (secondary N) is 1. The zero-order chi connectivity index (χ0) is 22.8. The first-order valence-electron chi connectivity index (χ1n) is 10.2. The van der Waals surface area contributed by atoms with E-state index in [9.17, 15) is 9.18 Å². The summed E-state index contributed by atoms with van der Waals surface area (Å²) < 4.78 is 25.4. The van der Waals surface area contributed by atoms with E-state index >= 15 is 0 Å². The molecule has 0 atom stereocenters. The number of rotatable bonds is 12. The Morgan fingerprint density at radius 2 is 1.97 bits per heavy atom. The minimum atomic E-state index is -0.688. The number of likely N-dealkylation sites (N-methyl/N-ethyl adjacent to an activating group) is 1. The van der Waals surface area contributed by atoms with Gasteiger partial charge in [-0.1, -0.05) is 12.1 Å². The highest BCUT2D eigenvalue weighted by molar-refractivity contribution is 5.56. The lowest BCUT2D eigenvalue weighted by Crippen LogP contribution is -2.25. The van der Waals surface area contributed by atoms with Crippen LogP contribution < -0.4 is 20.5 Å². The van der Waals surface area contributed by atoms with Crippen LogP contribution in [0.1, 0.15) is 12.8 Å².